The lowest BCUT2D eigenvalue weighted by Crippen LogP contribution is -2.49. The fraction of sp³-hybridized carbons (Fsp3) is 0.667. The van der Waals surface area contributed by atoms with Crippen molar-refractivity contribution in [3.05, 3.63) is 30.1 Å². The lowest BCUT2D eigenvalue weighted by Gasteiger charge is -2.38. The van der Waals surface area contributed by atoms with E-state index in [9.17, 15) is 9.59 Å². The van der Waals surface area contributed by atoms with E-state index in [1.807, 2.05) is 23.2 Å². The zero-order valence-corrected chi connectivity index (χ0v) is 16.2. The van der Waals surface area contributed by atoms with Crippen LogP contribution in [-0.4, -0.2) is 52.3 Å². The number of aromatic nitrogens is 1. The molecule has 0 bridgehead atoms. The number of nitrogens with zero attached hydrogens (tertiary/aromatic N) is 3. The highest BCUT2D eigenvalue weighted by atomic mass is 16.2. The van der Waals surface area contributed by atoms with E-state index in [1.54, 1.807) is 6.20 Å². The summed E-state index contributed by atoms with van der Waals surface area (Å²) in [6, 6.07) is 4.29. The largest absolute Gasteiger partial charge is 0.369 e. The third-order valence-electron chi connectivity index (χ3n) is 5.86. The normalized spacial score (nSPS) is 22.1. The summed E-state index contributed by atoms with van der Waals surface area (Å²) in [5.74, 6) is -0.128. The van der Waals surface area contributed by atoms with E-state index in [2.05, 4.69) is 9.88 Å². The average Bonchev–Trinajstić information content (AvgIpc) is 2.95. The molecule has 0 radical (unpaired) electrons. The Bertz CT molecular complexity index is 614. The van der Waals surface area contributed by atoms with Crippen molar-refractivity contribution >= 4 is 11.8 Å². The molecule has 2 heterocycles. The molecule has 6 heteroatoms. The molecule has 0 unspecified atom stereocenters. The molecule has 3 rings (SSSR count). The lowest BCUT2D eigenvalue weighted by atomic mass is 9.94. The zero-order chi connectivity index (χ0) is 19.1. The van der Waals surface area contributed by atoms with Crippen LogP contribution in [0, 0.1) is 5.92 Å². The first-order chi connectivity index (χ1) is 13.1. The van der Waals surface area contributed by atoms with Crippen LogP contribution in [0.1, 0.15) is 56.9 Å². The van der Waals surface area contributed by atoms with Gasteiger partial charge in [-0.1, -0.05) is 31.7 Å². The third kappa shape index (κ3) is 5.76. The number of piperidine rings is 1. The Labute approximate surface area is 162 Å². The van der Waals surface area contributed by atoms with E-state index in [1.165, 1.54) is 25.7 Å². The minimum atomic E-state index is -0.320. The molecular formula is C21H32N4O2. The molecule has 148 valence electrons. The Morgan fingerprint density at radius 3 is 2.59 bits per heavy atom. The van der Waals surface area contributed by atoms with Crippen molar-refractivity contribution in [1.29, 1.82) is 0 Å². The number of carbonyl (C=O) groups excluding carboxylic acids is 2. The van der Waals surface area contributed by atoms with Crippen LogP contribution in [0.15, 0.2) is 24.5 Å². The van der Waals surface area contributed by atoms with Crippen LogP contribution in [0.5, 0.6) is 0 Å². The van der Waals surface area contributed by atoms with Gasteiger partial charge in [0.05, 0.1) is 12.5 Å². The van der Waals surface area contributed by atoms with Crippen molar-refractivity contribution in [2.75, 3.05) is 19.6 Å². The van der Waals surface area contributed by atoms with E-state index in [-0.39, 0.29) is 24.3 Å². The Balaban J connectivity index is 1.73. The average molecular weight is 373 g/mol. The second kappa shape index (κ2) is 9.83. The Kier molecular flexibility index (Phi) is 7.21. The number of hydrogen-bond donors (Lipinski definition) is 1. The first kappa shape index (κ1) is 19.8. The van der Waals surface area contributed by atoms with Gasteiger partial charge in [-0.05, 0) is 43.9 Å². The Morgan fingerprint density at radius 2 is 1.93 bits per heavy atom. The summed E-state index contributed by atoms with van der Waals surface area (Å²) in [5, 5.41) is 0. The monoisotopic (exact) mass is 372 g/mol. The standard InChI is InChI=1S/C21H32N4O2/c22-20(26)16-24-12-6-8-18(15-24)21(27)25(14-17-7-5-11-23-13-17)19-9-3-1-2-4-10-19/h5,7,11,13,18-19H,1-4,6,8-10,12,14-16H2,(H2,22,26)/t18-/m1/s1. The van der Waals surface area contributed by atoms with Gasteiger partial charge in [-0.2, -0.15) is 0 Å². The molecule has 1 aliphatic carbocycles. The topological polar surface area (TPSA) is 79.5 Å². The molecule has 1 aromatic heterocycles. The number of carbonyl (C=O) groups is 2. The fourth-order valence-corrected chi connectivity index (χ4v) is 4.50. The van der Waals surface area contributed by atoms with Gasteiger partial charge >= 0.3 is 0 Å². The molecule has 27 heavy (non-hydrogen) atoms. The molecule has 1 saturated carbocycles. The summed E-state index contributed by atoms with van der Waals surface area (Å²) in [4.78, 5) is 33.2. The highest BCUT2D eigenvalue weighted by Crippen LogP contribution is 2.27. The van der Waals surface area contributed by atoms with Gasteiger partial charge in [0.1, 0.15) is 0 Å². The van der Waals surface area contributed by atoms with Crippen molar-refractivity contribution in [2.24, 2.45) is 11.7 Å². The van der Waals surface area contributed by atoms with Gasteiger partial charge in [-0.3, -0.25) is 19.5 Å². The number of pyridine rings is 1. The maximum atomic E-state index is 13.5. The maximum absolute atomic E-state index is 13.5. The predicted octanol–water partition coefficient (Wildman–Crippen LogP) is 2.33. The highest BCUT2D eigenvalue weighted by Gasteiger charge is 2.33. The van der Waals surface area contributed by atoms with Gasteiger partial charge in [0.2, 0.25) is 11.8 Å². The molecule has 1 aromatic rings. The van der Waals surface area contributed by atoms with E-state index in [4.69, 9.17) is 5.73 Å². The summed E-state index contributed by atoms with van der Waals surface area (Å²) in [5.41, 5.74) is 6.44. The van der Waals surface area contributed by atoms with Crippen molar-refractivity contribution < 1.29 is 9.59 Å². The van der Waals surface area contributed by atoms with Gasteiger partial charge < -0.3 is 10.6 Å². The van der Waals surface area contributed by atoms with Gasteiger partial charge in [0.25, 0.3) is 0 Å². The summed E-state index contributed by atoms with van der Waals surface area (Å²) < 4.78 is 0. The SMILES string of the molecule is NC(=O)CN1CCC[C@@H](C(=O)N(Cc2cccnc2)C2CCCCCC2)C1. The van der Waals surface area contributed by atoms with Crippen molar-refractivity contribution in [3.8, 4) is 0 Å². The van der Waals surface area contributed by atoms with E-state index < -0.39 is 0 Å². The first-order valence-electron chi connectivity index (χ1n) is 10.3. The van der Waals surface area contributed by atoms with Crippen molar-refractivity contribution in [3.63, 3.8) is 0 Å². The van der Waals surface area contributed by atoms with Crippen LogP contribution >= 0.6 is 0 Å². The van der Waals surface area contributed by atoms with Crippen LogP contribution in [-0.2, 0) is 16.1 Å². The second-order valence-electron chi connectivity index (χ2n) is 8.01. The highest BCUT2D eigenvalue weighted by molar-refractivity contribution is 5.80. The number of likely N-dealkylation sites (tertiary alicyclic amines) is 1. The number of hydrogen-bond acceptors (Lipinski definition) is 4. The Hall–Kier alpha value is -1.95. The van der Waals surface area contributed by atoms with Gasteiger partial charge in [-0.15, -0.1) is 0 Å². The lowest BCUT2D eigenvalue weighted by molar-refractivity contribution is -0.141. The van der Waals surface area contributed by atoms with Gasteiger partial charge in [0, 0.05) is 31.5 Å². The summed E-state index contributed by atoms with van der Waals surface area (Å²) in [6.45, 7) is 2.36. The summed E-state index contributed by atoms with van der Waals surface area (Å²) >= 11 is 0. The fourth-order valence-electron chi connectivity index (χ4n) is 4.50. The predicted molar refractivity (Wildman–Crippen MR) is 105 cm³/mol. The van der Waals surface area contributed by atoms with Crippen molar-refractivity contribution in [1.82, 2.24) is 14.8 Å². The Morgan fingerprint density at radius 1 is 1.15 bits per heavy atom. The van der Waals surface area contributed by atoms with E-state index >= 15 is 0 Å². The summed E-state index contributed by atoms with van der Waals surface area (Å²) in [7, 11) is 0. The van der Waals surface area contributed by atoms with E-state index in [0.29, 0.717) is 19.1 Å². The number of nitrogens with two attached hydrogens (primary N) is 1. The van der Waals surface area contributed by atoms with Crippen LogP contribution in [0.25, 0.3) is 0 Å². The van der Waals surface area contributed by atoms with Crippen LogP contribution in [0.4, 0.5) is 0 Å². The quantitative estimate of drug-likeness (QED) is 0.777. The van der Waals surface area contributed by atoms with Crippen molar-refractivity contribution in [2.45, 2.75) is 64.0 Å². The van der Waals surface area contributed by atoms with Gasteiger partial charge in [0.15, 0.2) is 0 Å². The maximum Gasteiger partial charge on any atom is 0.231 e. The number of amides is 2. The molecule has 1 saturated heterocycles. The zero-order valence-electron chi connectivity index (χ0n) is 16.2. The second-order valence-corrected chi connectivity index (χ2v) is 8.01. The minimum absolute atomic E-state index is 0.0435. The molecule has 1 aliphatic heterocycles. The number of rotatable bonds is 6. The molecule has 2 fully saturated rings. The minimum Gasteiger partial charge on any atom is -0.369 e. The molecule has 0 aromatic carbocycles. The first-order valence-corrected chi connectivity index (χ1v) is 10.3. The van der Waals surface area contributed by atoms with Crippen LogP contribution < -0.4 is 5.73 Å². The molecule has 2 aliphatic rings. The third-order valence-corrected chi connectivity index (χ3v) is 5.86. The smallest absolute Gasteiger partial charge is 0.231 e. The van der Waals surface area contributed by atoms with E-state index in [0.717, 1.165) is 37.8 Å². The summed E-state index contributed by atoms with van der Waals surface area (Å²) in [6.07, 6.45) is 12.6. The molecule has 0 spiro atoms. The molecule has 6 nitrogen and oxygen atoms in total. The molecule has 1 atom stereocenters. The molecule has 2 N–H and O–H groups in total. The van der Waals surface area contributed by atoms with Crippen LogP contribution in [0.2, 0.25) is 0 Å². The van der Waals surface area contributed by atoms with Crippen LogP contribution in [0.3, 0.4) is 0 Å². The number of primary amides is 1. The van der Waals surface area contributed by atoms with Gasteiger partial charge in [-0.25, -0.2) is 0 Å². The molecule has 2 amide bonds. The molecular weight excluding hydrogens is 340 g/mol.